The third-order valence-corrected chi connectivity index (χ3v) is 11.1. The lowest BCUT2D eigenvalue weighted by Crippen LogP contribution is -2.67. The van der Waals surface area contributed by atoms with E-state index in [1.807, 2.05) is 40.7 Å². The van der Waals surface area contributed by atoms with Gasteiger partial charge in [-0.2, -0.15) is 0 Å². The predicted octanol–water partition coefficient (Wildman–Crippen LogP) is 6.79. The fourth-order valence-corrected chi connectivity index (χ4v) is 9.11. The molecule has 7 heteroatoms. The Labute approximate surface area is 260 Å². The smallest absolute Gasteiger partial charge is 0.209 e. The molecule has 0 bridgehead atoms. The summed E-state index contributed by atoms with van der Waals surface area (Å²) < 4.78 is 0. The quantitative estimate of drug-likeness (QED) is 0.221. The summed E-state index contributed by atoms with van der Waals surface area (Å²) in [5.74, 6) is 1.43. The van der Waals surface area contributed by atoms with Crippen LogP contribution < -0.4 is 0 Å². The standard InChI is InChI=1S/C37H46O7/c1-19(2)23-16-22(12-15-34(6)13-10-9-11-14-34)29(39)26-24(23)17-35(7)18-36(8)27(20(3)4)30(40)25(21(5)38)32(42)37(36,44)33(43)28(35)31(26)41/h16,19-20,27,39-40,43-44H,9-11,13-14,17-18H2,1-8H3/t27?,35-,36-,37+/m1/s1. The molecule has 1 unspecified atom stereocenters. The maximum Gasteiger partial charge on any atom is 0.209 e. The van der Waals surface area contributed by atoms with Gasteiger partial charge >= 0.3 is 0 Å². The minimum atomic E-state index is -2.62. The molecule has 1 aromatic carbocycles. The minimum Gasteiger partial charge on any atom is -0.511 e. The van der Waals surface area contributed by atoms with Crippen LogP contribution in [-0.4, -0.2) is 43.4 Å². The van der Waals surface area contributed by atoms with Gasteiger partial charge in [0.2, 0.25) is 5.78 Å². The minimum absolute atomic E-state index is 0.00780. The number of hydrogen-bond donors (Lipinski definition) is 4. The lowest BCUT2D eigenvalue weighted by Gasteiger charge is -2.59. The van der Waals surface area contributed by atoms with E-state index >= 15 is 0 Å². The Bertz CT molecular complexity index is 1610. The number of allylic oxidation sites excluding steroid dienone is 2. The largest absolute Gasteiger partial charge is 0.511 e. The van der Waals surface area contributed by atoms with Gasteiger partial charge in [0.15, 0.2) is 17.2 Å². The lowest BCUT2D eigenvalue weighted by atomic mass is 9.44. The van der Waals surface area contributed by atoms with Crippen molar-refractivity contribution in [2.45, 2.75) is 112 Å². The monoisotopic (exact) mass is 602 g/mol. The molecule has 0 aliphatic heterocycles. The molecule has 0 saturated heterocycles. The Morgan fingerprint density at radius 2 is 1.61 bits per heavy atom. The Balaban J connectivity index is 1.77. The molecular weight excluding hydrogens is 556 g/mol. The van der Waals surface area contributed by atoms with Crippen molar-refractivity contribution in [3.05, 3.63) is 51.0 Å². The number of benzene rings is 1. The zero-order valence-electron chi connectivity index (χ0n) is 27.3. The molecular formula is C37H46O7. The Kier molecular flexibility index (Phi) is 7.53. The molecule has 0 amide bonds. The van der Waals surface area contributed by atoms with Gasteiger partial charge in [0.25, 0.3) is 0 Å². The summed E-state index contributed by atoms with van der Waals surface area (Å²) in [6, 6.07) is 1.87. The van der Waals surface area contributed by atoms with Crippen molar-refractivity contribution in [2.24, 2.45) is 28.1 Å². The summed E-state index contributed by atoms with van der Waals surface area (Å²) in [7, 11) is 0. The van der Waals surface area contributed by atoms with Gasteiger partial charge in [0.05, 0.1) is 11.1 Å². The number of ketones is 3. The third-order valence-electron chi connectivity index (χ3n) is 11.1. The molecule has 236 valence electrons. The molecule has 4 atom stereocenters. The highest BCUT2D eigenvalue weighted by molar-refractivity contribution is 6.25. The van der Waals surface area contributed by atoms with E-state index in [-0.39, 0.29) is 52.7 Å². The highest BCUT2D eigenvalue weighted by atomic mass is 16.3. The molecule has 4 aliphatic rings. The molecule has 7 nitrogen and oxygen atoms in total. The zero-order chi connectivity index (χ0) is 32.7. The first-order valence-corrected chi connectivity index (χ1v) is 16.0. The van der Waals surface area contributed by atoms with Crippen LogP contribution in [0.1, 0.15) is 127 Å². The number of rotatable bonds is 3. The van der Waals surface area contributed by atoms with Gasteiger partial charge in [0, 0.05) is 27.7 Å². The summed E-state index contributed by atoms with van der Waals surface area (Å²) in [5, 5.41) is 47.1. The Hall–Kier alpha value is -3.37. The maximum absolute atomic E-state index is 14.5. The molecule has 0 aromatic heterocycles. The van der Waals surface area contributed by atoms with E-state index in [9.17, 15) is 34.8 Å². The van der Waals surface area contributed by atoms with E-state index in [0.717, 1.165) is 38.2 Å². The molecule has 1 aromatic rings. The number of aliphatic hydroxyl groups excluding tert-OH is 2. The highest BCUT2D eigenvalue weighted by Gasteiger charge is 2.71. The second-order valence-corrected chi connectivity index (χ2v) is 15.2. The van der Waals surface area contributed by atoms with Crippen LogP contribution in [0.15, 0.2) is 28.7 Å². The van der Waals surface area contributed by atoms with Crippen molar-refractivity contribution in [3.63, 3.8) is 0 Å². The molecule has 0 heterocycles. The second-order valence-electron chi connectivity index (χ2n) is 15.2. The molecule has 4 N–H and O–H groups in total. The summed E-state index contributed by atoms with van der Waals surface area (Å²) in [4.78, 5) is 41.1. The van der Waals surface area contributed by atoms with E-state index in [0.29, 0.717) is 11.1 Å². The molecule has 0 spiro atoms. The van der Waals surface area contributed by atoms with E-state index < -0.39 is 51.0 Å². The van der Waals surface area contributed by atoms with Crippen LogP contribution in [0.25, 0.3) is 0 Å². The number of Topliss-reactive ketones (excluding diaryl/α,β-unsaturated/α-hetero) is 3. The summed E-state index contributed by atoms with van der Waals surface area (Å²) in [6.45, 7) is 14.4. The Morgan fingerprint density at radius 3 is 2.16 bits per heavy atom. The molecule has 4 aliphatic carbocycles. The normalized spacial score (nSPS) is 31.4. The first-order chi connectivity index (χ1) is 20.3. The van der Waals surface area contributed by atoms with Crippen molar-refractivity contribution >= 4 is 17.3 Å². The van der Waals surface area contributed by atoms with Gasteiger partial charge in [-0.25, -0.2) is 0 Å². The maximum atomic E-state index is 14.5. The van der Waals surface area contributed by atoms with Crippen LogP contribution in [0.5, 0.6) is 5.75 Å². The Morgan fingerprint density at radius 1 is 1.00 bits per heavy atom. The number of carbonyl (C=O) groups is 3. The number of carbonyl (C=O) groups excluding carboxylic acids is 3. The number of aromatic hydroxyl groups is 1. The van der Waals surface area contributed by atoms with Crippen molar-refractivity contribution in [1.29, 1.82) is 0 Å². The lowest BCUT2D eigenvalue weighted by molar-refractivity contribution is -0.171. The fourth-order valence-electron chi connectivity index (χ4n) is 9.11. The van der Waals surface area contributed by atoms with E-state index in [2.05, 4.69) is 18.8 Å². The van der Waals surface area contributed by atoms with E-state index in [4.69, 9.17) is 0 Å². The van der Waals surface area contributed by atoms with Crippen molar-refractivity contribution < 1.29 is 34.8 Å². The van der Waals surface area contributed by atoms with Gasteiger partial charge in [-0.1, -0.05) is 72.6 Å². The number of aliphatic hydroxyl groups is 3. The predicted molar refractivity (Wildman–Crippen MR) is 167 cm³/mol. The van der Waals surface area contributed by atoms with E-state index in [1.165, 1.54) is 6.42 Å². The number of phenols is 1. The average molecular weight is 603 g/mol. The highest BCUT2D eigenvalue weighted by Crippen LogP contribution is 2.65. The van der Waals surface area contributed by atoms with Gasteiger partial charge < -0.3 is 20.4 Å². The molecule has 1 fully saturated rings. The molecule has 1 saturated carbocycles. The summed E-state index contributed by atoms with van der Waals surface area (Å²) >= 11 is 0. The summed E-state index contributed by atoms with van der Waals surface area (Å²) in [6.07, 6.45) is 5.64. The van der Waals surface area contributed by atoms with E-state index in [1.54, 1.807) is 6.92 Å². The van der Waals surface area contributed by atoms with Crippen LogP contribution >= 0.6 is 0 Å². The van der Waals surface area contributed by atoms with Crippen LogP contribution in [0.4, 0.5) is 0 Å². The van der Waals surface area contributed by atoms with Crippen LogP contribution in [-0.2, 0) is 16.0 Å². The first kappa shape index (κ1) is 32.0. The van der Waals surface area contributed by atoms with Gasteiger partial charge in [-0.05, 0) is 68.6 Å². The second kappa shape index (κ2) is 10.3. The number of phenolic OH excluding ortho intramolecular Hbond substituents is 1. The van der Waals surface area contributed by atoms with Crippen LogP contribution in [0.3, 0.4) is 0 Å². The number of fused-ring (bicyclic) bond motifs is 3. The average Bonchev–Trinajstić information content (AvgIpc) is 2.90. The van der Waals surface area contributed by atoms with Gasteiger partial charge in [-0.15, -0.1) is 0 Å². The van der Waals surface area contributed by atoms with Crippen LogP contribution in [0.2, 0.25) is 0 Å². The van der Waals surface area contributed by atoms with Crippen molar-refractivity contribution in [1.82, 2.24) is 0 Å². The molecule has 44 heavy (non-hydrogen) atoms. The summed E-state index contributed by atoms with van der Waals surface area (Å²) in [5.41, 5.74) is -4.07. The fraction of sp³-hybridized carbons (Fsp3) is 0.595. The van der Waals surface area contributed by atoms with Crippen molar-refractivity contribution in [2.75, 3.05) is 0 Å². The van der Waals surface area contributed by atoms with Gasteiger partial charge in [0.1, 0.15) is 22.8 Å². The topological polar surface area (TPSA) is 132 Å². The third kappa shape index (κ3) is 4.31. The van der Waals surface area contributed by atoms with Crippen molar-refractivity contribution in [3.8, 4) is 17.6 Å². The number of hydrogen-bond acceptors (Lipinski definition) is 7. The SMILES string of the molecule is CC(=O)C1=C(O)C(C(C)C)[C@@]2(C)C[C@@]3(C)Cc4c(C(C)C)cc(C#CC5(C)CCCCC5)c(O)c4C(=O)C3=C(O)[C@@]2(O)C1=O. The molecule has 0 radical (unpaired) electrons. The van der Waals surface area contributed by atoms with Gasteiger partial charge in [-0.3, -0.25) is 14.4 Å². The first-order valence-electron chi connectivity index (χ1n) is 16.0. The molecule has 5 rings (SSSR count). The van der Waals surface area contributed by atoms with Crippen LogP contribution in [0, 0.1) is 39.9 Å². The zero-order valence-corrected chi connectivity index (χ0v) is 27.3.